The molecule has 0 aliphatic carbocycles. The lowest BCUT2D eigenvalue weighted by molar-refractivity contribution is 0.288. The maximum Gasteiger partial charge on any atom is 0.131 e. The van der Waals surface area contributed by atoms with E-state index in [0.717, 1.165) is 11.8 Å². The molecule has 1 N–H and O–H groups in total. The molecule has 96 valence electrons. The van der Waals surface area contributed by atoms with Gasteiger partial charge in [-0.1, -0.05) is 11.3 Å². The van der Waals surface area contributed by atoms with E-state index in [9.17, 15) is 8.78 Å². The van der Waals surface area contributed by atoms with Crippen molar-refractivity contribution in [3.63, 3.8) is 0 Å². The van der Waals surface area contributed by atoms with Crippen molar-refractivity contribution in [2.24, 2.45) is 0 Å². The quantitative estimate of drug-likeness (QED) is 0.879. The zero-order valence-corrected chi connectivity index (χ0v) is 9.68. The molecule has 0 saturated carbocycles. The molecule has 0 spiro atoms. The molecule has 1 aromatic heterocycles. The average molecular weight is 253 g/mol. The number of nitrogens with zero attached hydrogens (tertiary/aromatic N) is 3. The maximum atomic E-state index is 13.4. The van der Waals surface area contributed by atoms with Crippen LogP contribution in [0, 0.1) is 11.6 Å². The molecular formula is C12H13F2N3O. The fourth-order valence-electron chi connectivity index (χ4n) is 1.61. The molecule has 0 amide bonds. The van der Waals surface area contributed by atoms with Crippen molar-refractivity contribution in [2.75, 3.05) is 6.61 Å². The molecule has 4 nitrogen and oxygen atoms in total. The summed E-state index contributed by atoms with van der Waals surface area (Å²) in [6.07, 6.45) is 2.93. The Hall–Kier alpha value is -1.82. The van der Waals surface area contributed by atoms with Crippen molar-refractivity contribution in [3.05, 3.63) is 47.3 Å². The molecule has 0 radical (unpaired) electrons. The Kier molecular flexibility index (Phi) is 3.99. The van der Waals surface area contributed by atoms with Gasteiger partial charge in [0.15, 0.2) is 0 Å². The molecular weight excluding hydrogens is 240 g/mol. The molecule has 0 bridgehead atoms. The van der Waals surface area contributed by atoms with Crippen molar-refractivity contribution in [1.82, 2.24) is 15.0 Å². The van der Waals surface area contributed by atoms with Crippen LogP contribution in [0.1, 0.15) is 17.7 Å². The van der Waals surface area contributed by atoms with Crippen LogP contribution in [0.4, 0.5) is 8.78 Å². The summed E-state index contributed by atoms with van der Waals surface area (Å²) in [5.41, 5.74) is 1.10. The lowest BCUT2D eigenvalue weighted by Gasteiger charge is -2.02. The van der Waals surface area contributed by atoms with Crippen molar-refractivity contribution in [1.29, 1.82) is 0 Å². The van der Waals surface area contributed by atoms with Crippen molar-refractivity contribution in [3.8, 4) is 0 Å². The van der Waals surface area contributed by atoms with Crippen LogP contribution < -0.4 is 0 Å². The Balaban J connectivity index is 2.06. The first-order valence-electron chi connectivity index (χ1n) is 5.63. The first-order valence-corrected chi connectivity index (χ1v) is 5.63. The monoisotopic (exact) mass is 253 g/mol. The average Bonchev–Trinajstić information content (AvgIpc) is 2.78. The summed E-state index contributed by atoms with van der Waals surface area (Å²) in [6, 6.07) is 3.45. The van der Waals surface area contributed by atoms with E-state index in [1.165, 1.54) is 16.8 Å². The Labute approximate surface area is 103 Å². The number of aryl methyl sites for hydroxylation is 1. The van der Waals surface area contributed by atoms with Gasteiger partial charge >= 0.3 is 0 Å². The van der Waals surface area contributed by atoms with Gasteiger partial charge in [-0.05, 0) is 18.9 Å². The van der Waals surface area contributed by atoms with Crippen LogP contribution in [-0.4, -0.2) is 26.7 Å². The first-order chi connectivity index (χ1) is 8.69. The van der Waals surface area contributed by atoms with Crippen molar-refractivity contribution < 1.29 is 13.9 Å². The second-order valence-corrected chi connectivity index (χ2v) is 3.97. The number of hydrogen-bond acceptors (Lipinski definition) is 3. The Morgan fingerprint density at radius 3 is 2.83 bits per heavy atom. The molecule has 0 aliphatic rings. The van der Waals surface area contributed by atoms with Crippen molar-refractivity contribution in [2.45, 2.75) is 19.4 Å². The Morgan fingerprint density at radius 2 is 2.11 bits per heavy atom. The second kappa shape index (κ2) is 5.68. The zero-order chi connectivity index (χ0) is 13.0. The minimum Gasteiger partial charge on any atom is -0.396 e. The van der Waals surface area contributed by atoms with Gasteiger partial charge in [-0.3, -0.25) is 0 Å². The van der Waals surface area contributed by atoms with E-state index in [-0.39, 0.29) is 13.2 Å². The summed E-state index contributed by atoms with van der Waals surface area (Å²) >= 11 is 0. The highest BCUT2D eigenvalue weighted by atomic mass is 19.1. The first kappa shape index (κ1) is 12.6. The van der Waals surface area contributed by atoms with Crippen LogP contribution in [0.3, 0.4) is 0 Å². The minimum absolute atomic E-state index is 0.0967. The van der Waals surface area contributed by atoms with E-state index in [1.54, 1.807) is 6.20 Å². The Morgan fingerprint density at radius 1 is 1.28 bits per heavy atom. The van der Waals surface area contributed by atoms with Crippen LogP contribution in [-0.2, 0) is 13.0 Å². The maximum absolute atomic E-state index is 13.4. The molecule has 6 heteroatoms. The van der Waals surface area contributed by atoms with Gasteiger partial charge < -0.3 is 5.11 Å². The van der Waals surface area contributed by atoms with Crippen LogP contribution >= 0.6 is 0 Å². The number of rotatable bonds is 5. The molecule has 0 aliphatic heterocycles. The third-order valence-corrected chi connectivity index (χ3v) is 2.52. The van der Waals surface area contributed by atoms with E-state index < -0.39 is 11.6 Å². The Bertz CT molecular complexity index is 528. The van der Waals surface area contributed by atoms with Crippen LogP contribution in [0.2, 0.25) is 0 Å². The molecule has 18 heavy (non-hydrogen) atoms. The fraction of sp³-hybridized carbons (Fsp3) is 0.333. The number of benzene rings is 1. The summed E-state index contributed by atoms with van der Waals surface area (Å²) in [6.45, 7) is 0.303. The number of aromatic nitrogens is 3. The largest absolute Gasteiger partial charge is 0.396 e. The highest BCUT2D eigenvalue weighted by Crippen LogP contribution is 2.11. The van der Waals surface area contributed by atoms with Gasteiger partial charge in [-0.15, -0.1) is 5.10 Å². The minimum atomic E-state index is -0.599. The number of halogens is 2. The molecule has 1 aromatic carbocycles. The van der Waals surface area contributed by atoms with E-state index in [2.05, 4.69) is 10.3 Å². The smallest absolute Gasteiger partial charge is 0.131 e. The summed E-state index contributed by atoms with van der Waals surface area (Å²) < 4.78 is 27.6. The number of hydrogen-bond donors (Lipinski definition) is 1. The van der Waals surface area contributed by atoms with Crippen LogP contribution in [0.15, 0.2) is 24.4 Å². The molecule has 0 saturated heterocycles. The van der Waals surface area contributed by atoms with E-state index >= 15 is 0 Å². The molecule has 1 heterocycles. The third kappa shape index (κ3) is 3.10. The second-order valence-electron chi connectivity index (χ2n) is 3.97. The SMILES string of the molecule is OCCCc1cn(Cc2ccc(F)cc2F)nn1. The van der Waals surface area contributed by atoms with Crippen LogP contribution in [0.25, 0.3) is 0 Å². The zero-order valence-electron chi connectivity index (χ0n) is 9.68. The van der Waals surface area contributed by atoms with Gasteiger partial charge in [0.1, 0.15) is 11.6 Å². The molecule has 2 aromatic rings. The van der Waals surface area contributed by atoms with Gasteiger partial charge in [0.05, 0.1) is 12.2 Å². The van der Waals surface area contributed by atoms with Crippen molar-refractivity contribution >= 4 is 0 Å². The summed E-state index contributed by atoms with van der Waals surface area (Å²) in [4.78, 5) is 0. The molecule has 0 atom stereocenters. The van der Waals surface area contributed by atoms with Gasteiger partial charge in [-0.2, -0.15) is 0 Å². The number of aliphatic hydroxyl groups excluding tert-OH is 1. The van der Waals surface area contributed by atoms with Crippen LogP contribution in [0.5, 0.6) is 0 Å². The van der Waals surface area contributed by atoms with Gasteiger partial charge in [0.25, 0.3) is 0 Å². The highest BCUT2D eigenvalue weighted by Gasteiger charge is 2.06. The topological polar surface area (TPSA) is 50.9 Å². The van der Waals surface area contributed by atoms with Gasteiger partial charge in [0.2, 0.25) is 0 Å². The third-order valence-electron chi connectivity index (χ3n) is 2.52. The lowest BCUT2D eigenvalue weighted by atomic mass is 10.2. The highest BCUT2D eigenvalue weighted by molar-refractivity contribution is 5.18. The molecule has 0 fully saturated rings. The van der Waals surface area contributed by atoms with E-state index in [1.807, 2.05) is 0 Å². The number of aliphatic hydroxyl groups is 1. The molecule has 0 unspecified atom stereocenters. The summed E-state index contributed by atoms with van der Waals surface area (Å²) in [7, 11) is 0. The van der Waals surface area contributed by atoms with E-state index in [4.69, 9.17) is 5.11 Å². The fourth-order valence-corrected chi connectivity index (χ4v) is 1.61. The lowest BCUT2D eigenvalue weighted by Crippen LogP contribution is -2.03. The molecule has 2 rings (SSSR count). The summed E-state index contributed by atoms with van der Waals surface area (Å²) in [5, 5.41) is 16.4. The van der Waals surface area contributed by atoms with E-state index in [0.29, 0.717) is 18.4 Å². The predicted molar refractivity (Wildman–Crippen MR) is 60.9 cm³/mol. The predicted octanol–water partition coefficient (Wildman–Crippen LogP) is 1.53. The normalized spacial score (nSPS) is 10.8. The standard InChI is InChI=1S/C12H13F2N3O/c13-10-4-3-9(12(14)6-10)7-17-8-11(15-16-17)2-1-5-18/h3-4,6,8,18H,1-2,5,7H2. The van der Waals surface area contributed by atoms with Gasteiger partial charge in [-0.25, -0.2) is 13.5 Å². The van der Waals surface area contributed by atoms with Gasteiger partial charge in [0, 0.05) is 24.4 Å². The summed E-state index contributed by atoms with van der Waals surface area (Å²) in [5.74, 6) is -1.19.